The Balaban J connectivity index is 1.34. The first-order valence-corrected chi connectivity index (χ1v) is 12.1. The Morgan fingerprint density at radius 3 is 2.53 bits per heavy atom. The van der Waals surface area contributed by atoms with E-state index >= 15 is 0 Å². The lowest BCUT2D eigenvalue weighted by Crippen LogP contribution is -2.14. The number of nitrogens with one attached hydrogen (secondary N) is 1. The molecule has 0 saturated heterocycles. The highest BCUT2D eigenvalue weighted by Gasteiger charge is 2.11. The first kappa shape index (κ1) is 22.2. The summed E-state index contributed by atoms with van der Waals surface area (Å²) in [6.07, 6.45) is 9.02. The van der Waals surface area contributed by atoms with E-state index < -0.39 is 0 Å². The van der Waals surface area contributed by atoms with Crippen LogP contribution < -0.4 is 5.32 Å². The molecule has 4 aromatic rings. The SMILES string of the molecule is CC(=O)Nc1ccc(CCSC(CCc2ccc3ccccc3c2)Cn2ccnc2)cc1. The van der Waals surface area contributed by atoms with Gasteiger partial charge in [-0.25, -0.2) is 4.98 Å². The van der Waals surface area contributed by atoms with E-state index in [1.165, 1.54) is 28.8 Å². The zero-order valence-electron chi connectivity index (χ0n) is 18.4. The molecule has 164 valence electrons. The maximum Gasteiger partial charge on any atom is 0.221 e. The van der Waals surface area contributed by atoms with Crippen LogP contribution in [0.25, 0.3) is 10.8 Å². The van der Waals surface area contributed by atoms with Crippen molar-refractivity contribution in [2.75, 3.05) is 11.1 Å². The number of rotatable bonds is 10. The van der Waals surface area contributed by atoms with Crippen molar-refractivity contribution in [2.24, 2.45) is 0 Å². The standard InChI is InChI=1S/C27H29N3OS/c1-21(31)29-26-11-7-22(8-12-26)14-17-32-27(19-30-16-15-28-20-30)13-9-23-6-10-24-4-2-3-5-25(24)18-23/h2-8,10-12,15-16,18,20,27H,9,13-14,17,19H2,1H3,(H,29,31). The Bertz CT molecular complexity index is 1140. The second kappa shape index (κ2) is 11.0. The molecule has 0 aliphatic heterocycles. The Labute approximate surface area is 194 Å². The van der Waals surface area contributed by atoms with Gasteiger partial charge in [-0.1, -0.05) is 54.6 Å². The summed E-state index contributed by atoms with van der Waals surface area (Å²) in [5, 5.41) is 5.95. The molecule has 5 heteroatoms. The molecule has 1 N–H and O–H groups in total. The molecule has 32 heavy (non-hydrogen) atoms. The number of amides is 1. The molecule has 0 fully saturated rings. The van der Waals surface area contributed by atoms with Gasteiger partial charge < -0.3 is 9.88 Å². The molecule has 0 aliphatic carbocycles. The maximum atomic E-state index is 11.2. The zero-order valence-corrected chi connectivity index (χ0v) is 19.2. The Hall–Kier alpha value is -3.05. The molecule has 1 aromatic heterocycles. The van der Waals surface area contributed by atoms with Crippen LogP contribution in [0.2, 0.25) is 0 Å². The molecule has 1 amide bonds. The van der Waals surface area contributed by atoms with Crippen LogP contribution in [0.1, 0.15) is 24.5 Å². The summed E-state index contributed by atoms with van der Waals surface area (Å²) in [6, 6.07) is 23.5. The number of carbonyl (C=O) groups excluding carboxylic acids is 1. The number of benzene rings is 3. The highest BCUT2D eigenvalue weighted by molar-refractivity contribution is 7.99. The van der Waals surface area contributed by atoms with Crippen molar-refractivity contribution in [2.45, 2.75) is 38.0 Å². The molecule has 4 nitrogen and oxygen atoms in total. The number of imidazole rings is 1. The number of nitrogens with zero attached hydrogens (tertiary/aromatic N) is 2. The third kappa shape index (κ3) is 6.47. The second-order valence-electron chi connectivity index (χ2n) is 8.10. The van der Waals surface area contributed by atoms with Gasteiger partial charge in [0.05, 0.1) is 6.33 Å². The van der Waals surface area contributed by atoms with Crippen molar-refractivity contribution in [3.05, 3.63) is 96.6 Å². The monoisotopic (exact) mass is 443 g/mol. The number of carbonyl (C=O) groups is 1. The maximum absolute atomic E-state index is 11.2. The van der Waals surface area contributed by atoms with Gasteiger partial charge >= 0.3 is 0 Å². The minimum atomic E-state index is -0.0398. The minimum Gasteiger partial charge on any atom is -0.336 e. The molecule has 0 saturated carbocycles. The largest absolute Gasteiger partial charge is 0.336 e. The van der Waals surface area contributed by atoms with Gasteiger partial charge in [0, 0.05) is 36.8 Å². The summed E-state index contributed by atoms with van der Waals surface area (Å²) in [6.45, 7) is 2.50. The van der Waals surface area contributed by atoms with E-state index in [4.69, 9.17) is 0 Å². The molecular formula is C27H29N3OS. The van der Waals surface area contributed by atoms with Crippen molar-refractivity contribution in [3.8, 4) is 0 Å². The molecule has 3 aromatic carbocycles. The van der Waals surface area contributed by atoms with E-state index in [-0.39, 0.29) is 5.91 Å². The quantitative estimate of drug-likeness (QED) is 0.328. The number of aromatic nitrogens is 2. The third-order valence-corrected chi connectivity index (χ3v) is 6.86. The second-order valence-corrected chi connectivity index (χ2v) is 9.51. The van der Waals surface area contributed by atoms with Crippen LogP contribution in [-0.4, -0.2) is 26.5 Å². The fraction of sp³-hybridized carbons (Fsp3) is 0.259. The van der Waals surface area contributed by atoms with E-state index in [1.54, 1.807) is 0 Å². The van der Waals surface area contributed by atoms with E-state index in [0.717, 1.165) is 37.2 Å². The van der Waals surface area contributed by atoms with E-state index in [2.05, 4.69) is 69.5 Å². The highest BCUT2D eigenvalue weighted by Crippen LogP contribution is 2.23. The van der Waals surface area contributed by atoms with Crippen LogP contribution >= 0.6 is 11.8 Å². The molecule has 1 atom stereocenters. The zero-order chi connectivity index (χ0) is 22.2. The predicted octanol–water partition coefficient (Wildman–Crippen LogP) is 5.97. The topological polar surface area (TPSA) is 46.9 Å². The van der Waals surface area contributed by atoms with Gasteiger partial charge in [-0.3, -0.25) is 4.79 Å². The summed E-state index contributed by atoms with van der Waals surface area (Å²) in [4.78, 5) is 15.4. The van der Waals surface area contributed by atoms with Crippen LogP contribution in [0.4, 0.5) is 5.69 Å². The van der Waals surface area contributed by atoms with Gasteiger partial charge in [-0.05, 0) is 59.0 Å². The van der Waals surface area contributed by atoms with Crippen molar-refractivity contribution in [1.82, 2.24) is 9.55 Å². The van der Waals surface area contributed by atoms with E-state index in [0.29, 0.717) is 5.25 Å². The summed E-state index contributed by atoms with van der Waals surface area (Å²) in [5.41, 5.74) is 3.54. The molecule has 0 spiro atoms. The number of thioether (sulfide) groups is 1. The van der Waals surface area contributed by atoms with E-state index in [1.807, 2.05) is 42.6 Å². The average Bonchev–Trinajstić information content (AvgIpc) is 3.31. The van der Waals surface area contributed by atoms with E-state index in [9.17, 15) is 4.79 Å². The molecule has 0 aliphatic rings. The predicted molar refractivity (Wildman–Crippen MR) is 135 cm³/mol. The van der Waals surface area contributed by atoms with Crippen LogP contribution in [0.3, 0.4) is 0 Å². The van der Waals surface area contributed by atoms with Crippen molar-refractivity contribution < 1.29 is 4.79 Å². The minimum absolute atomic E-state index is 0.0398. The van der Waals surface area contributed by atoms with Crippen LogP contribution in [0.5, 0.6) is 0 Å². The number of hydrogen-bond donors (Lipinski definition) is 1. The summed E-state index contributed by atoms with van der Waals surface area (Å²) < 4.78 is 2.18. The van der Waals surface area contributed by atoms with Crippen LogP contribution in [0, 0.1) is 0 Å². The van der Waals surface area contributed by atoms with Gasteiger partial charge in [0.2, 0.25) is 5.91 Å². The smallest absolute Gasteiger partial charge is 0.221 e. The summed E-state index contributed by atoms with van der Waals surface area (Å²) in [5.74, 6) is 1.03. The average molecular weight is 444 g/mol. The van der Waals surface area contributed by atoms with Crippen LogP contribution in [0.15, 0.2) is 85.5 Å². The Kier molecular flexibility index (Phi) is 7.62. The Morgan fingerprint density at radius 1 is 1.00 bits per heavy atom. The molecule has 1 heterocycles. The molecule has 0 radical (unpaired) electrons. The lowest BCUT2D eigenvalue weighted by molar-refractivity contribution is -0.114. The lowest BCUT2D eigenvalue weighted by Gasteiger charge is -2.18. The Morgan fingerprint density at radius 2 is 1.78 bits per heavy atom. The first-order valence-electron chi connectivity index (χ1n) is 11.1. The van der Waals surface area contributed by atoms with Gasteiger partial charge in [-0.2, -0.15) is 11.8 Å². The fourth-order valence-corrected chi connectivity index (χ4v) is 5.13. The molecule has 0 bridgehead atoms. The number of anilines is 1. The number of fused-ring (bicyclic) bond motifs is 1. The normalized spacial score (nSPS) is 12.0. The van der Waals surface area contributed by atoms with Crippen LogP contribution in [-0.2, 0) is 24.2 Å². The summed E-state index contributed by atoms with van der Waals surface area (Å²) in [7, 11) is 0. The molecule has 4 rings (SSSR count). The number of aryl methyl sites for hydroxylation is 2. The molecular weight excluding hydrogens is 414 g/mol. The molecule has 1 unspecified atom stereocenters. The van der Waals surface area contributed by atoms with Gasteiger partial charge in [0.1, 0.15) is 0 Å². The van der Waals surface area contributed by atoms with Crippen molar-refractivity contribution in [1.29, 1.82) is 0 Å². The lowest BCUT2D eigenvalue weighted by atomic mass is 10.0. The fourth-order valence-electron chi connectivity index (χ4n) is 3.88. The van der Waals surface area contributed by atoms with Gasteiger partial charge in [0.25, 0.3) is 0 Å². The first-order chi connectivity index (χ1) is 15.7. The van der Waals surface area contributed by atoms with Crippen molar-refractivity contribution in [3.63, 3.8) is 0 Å². The highest BCUT2D eigenvalue weighted by atomic mass is 32.2. The van der Waals surface area contributed by atoms with Gasteiger partial charge in [0.15, 0.2) is 0 Å². The van der Waals surface area contributed by atoms with Gasteiger partial charge in [-0.15, -0.1) is 0 Å². The number of hydrogen-bond acceptors (Lipinski definition) is 3. The third-order valence-electron chi connectivity index (χ3n) is 5.56. The summed E-state index contributed by atoms with van der Waals surface area (Å²) >= 11 is 2.03. The van der Waals surface area contributed by atoms with Crippen molar-refractivity contribution >= 4 is 34.1 Å².